The fraction of sp³-hybridized carbons (Fsp3) is 0.500. The Labute approximate surface area is 142 Å². The maximum atomic E-state index is 10.3. The molecule has 0 aliphatic rings. The van der Waals surface area contributed by atoms with Crippen LogP contribution in [0.5, 0.6) is 0 Å². The predicted molar refractivity (Wildman–Crippen MR) is 42.2 cm³/mol. The Bertz CT molecular complexity index is 241. The second-order valence-electron chi connectivity index (χ2n) is 2.43. The van der Waals surface area contributed by atoms with Crippen molar-refractivity contribution in [3.8, 4) is 0 Å². The van der Waals surface area contributed by atoms with Crippen molar-refractivity contribution >= 4 is 31.4 Å². The zero-order valence-corrected chi connectivity index (χ0v) is 13.8. The fourth-order valence-electron chi connectivity index (χ4n) is 0.691. The van der Waals surface area contributed by atoms with Gasteiger partial charge in [-0.1, -0.05) is 0 Å². The normalized spacial score (nSPS) is 8.81. The van der Waals surface area contributed by atoms with Gasteiger partial charge in [0.05, 0.1) is 0 Å². The SMILES string of the molecule is O=C([O-])CC(O)(CC(=O)[O-])C(=O)O.S.[Na+].[Na+]. The molecule has 0 aliphatic heterocycles. The monoisotopic (exact) mass is 270 g/mol. The van der Waals surface area contributed by atoms with E-state index in [0.717, 1.165) is 0 Å². The summed E-state index contributed by atoms with van der Waals surface area (Å²) in [5.41, 5.74) is -2.86. The number of rotatable bonds is 5. The van der Waals surface area contributed by atoms with E-state index in [4.69, 9.17) is 10.2 Å². The zero-order valence-electron chi connectivity index (χ0n) is 8.85. The molecule has 7 nitrogen and oxygen atoms in total. The van der Waals surface area contributed by atoms with Crippen molar-refractivity contribution in [1.29, 1.82) is 0 Å². The number of aliphatic hydroxyl groups is 1. The molecule has 0 saturated carbocycles. The first kappa shape index (κ1) is 25.5. The molecule has 0 rings (SSSR count). The first-order valence-electron chi connectivity index (χ1n) is 3.13. The summed E-state index contributed by atoms with van der Waals surface area (Å²) in [6, 6.07) is 0. The molecule has 0 aromatic rings. The van der Waals surface area contributed by atoms with Gasteiger partial charge in [-0.2, -0.15) is 13.5 Å². The van der Waals surface area contributed by atoms with Gasteiger partial charge in [0.2, 0.25) is 0 Å². The van der Waals surface area contributed by atoms with E-state index in [9.17, 15) is 24.6 Å². The predicted octanol–water partition coefficient (Wildman–Crippen LogP) is -9.80. The van der Waals surface area contributed by atoms with Crippen molar-refractivity contribution < 1.29 is 93.9 Å². The first-order valence-corrected chi connectivity index (χ1v) is 3.13. The van der Waals surface area contributed by atoms with Crippen molar-refractivity contribution in [2.45, 2.75) is 18.4 Å². The summed E-state index contributed by atoms with van der Waals surface area (Å²) in [6.45, 7) is 0. The standard InChI is InChI=1S/C6H8O7.2Na.H2S/c7-3(8)1-6(13,5(11)12)2-4(9)10;;;/h13H,1-2H2,(H,7,8)(H,9,10)(H,11,12);;;1H2/q;2*+1;/p-2. The van der Waals surface area contributed by atoms with Gasteiger partial charge in [0.25, 0.3) is 0 Å². The zero-order chi connectivity index (χ0) is 10.6. The Kier molecular flexibility index (Phi) is 17.3. The molecule has 0 heterocycles. The number of carbonyl (C=O) groups is 3. The summed E-state index contributed by atoms with van der Waals surface area (Å²) in [4.78, 5) is 30.2. The molecule has 0 aromatic heterocycles. The summed E-state index contributed by atoms with van der Waals surface area (Å²) in [5, 5.41) is 37.2. The third-order valence-corrected chi connectivity index (χ3v) is 1.27. The average molecular weight is 270 g/mol. The van der Waals surface area contributed by atoms with Crippen LogP contribution < -0.4 is 69.3 Å². The number of hydrogen-bond donors (Lipinski definition) is 2. The maximum absolute atomic E-state index is 10.3. The van der Waals surface area contributed by atoms with E-state index in [1.807, 2.05) is 0 Å². The largest absolute Gasteiger partial charge is 1.00 e. The van der Waals surface area contributed by atoms with E-state index < -0.39 is 36.4 Å². The number of carbonyl (C=O) groups excluding carboxylic acids is 2. The summed E-state index contributed by atoms with van der Waals surface area (Å²) >= 11 is 0. The van der Waals surface area contributed by atoms with Gasteiger partial charge in [0.15, 0.2) is 5.60 Å². The maximum Gasteiger partial charge on any atom is 1.00 e. The summed E-state index contributed by atoms with van der Waals surface area (Å²) in [5.74, 6) is -5.65. The Balaban J connectivity index is -0.000000240. The minimum Gasteiger partial charge on any atom is -0.550 e. The Hall–Kier alpha value is 0.720. The number of aliphatic carboxylic acids is 3. The van der Waals surface area contributed by atoms with Gasteiger partial charge in [-0.25, -0.2) is 4.79 Å². The van der Waals surface area contributed by atoms with Crippen LogP contribution in [0.1, 0.15) is 12.8 Å². The van der Waals surface area contributed by atoms with Gasteiger partial charge >= 0.3 is 65.1 Å². The van der Waals surface area contributed by atoms with E-state index in [0.29, 0.717) is 0 Å². The number of hydrogen-bond acceptors (Lipinski definition) is 6. The first-order chi connectivity index (χ1) is 5.78. The Morgan fingerprint density at radius 3 is 1.38 bits per heavy atom. The van der Waals surface area contributed by atoms with Crippen LogP contribution >= 0.6 is 13.5 Å². The van der Waals surface area contributed by atoms with Gasteiger partial charge in [0.1, 0.15) is 0 Å². The molecule has 16 heavy (non-hydrogen) atoms. The third-order valence-electron chi connectivity index (χ3n) is 1.27. The van der Waals surface area contributed by atoms with Gasteiger partial charge in [-0.05, 0) is 0 Å². The van der Waals surface area contributed by atoms with Crippen molar-refractivity contribution in [3.05, 3.63) is 0 Å². The Morgan fingerprint density at radius 1 is 1.00 bits per heavy atom. The minimum atomic E-state index is -2.86. The molecule has 0 aromatic carbocycles. The molecule has 0 bridgehead atoms. The average Bonchev–Trinajstić information content (AvgIpc) is 1.82. The van der Waals surface area contributed by atoms with E-state index in [1.165, 1.54) is 0 Å². The minimum absolute atomic E-state index is 0. The quantitative estimate of drug-likeness (QED) is 0.473. The summed E-state index contributed by atoms with van der Waals surface area (Å²) < 4.78 is 0. The summed E-state index contributed by atoms with van der Waals surface area (Å²) in [7, 11) is 0. The van der Waals surface area contributed by atoms with E-state index in [2.05, 4.69) is 0 Å². The van der Waals surface area contributed by atoms with Crippen LogP contribution in [0, 0.1) is 0 Å². The molecule has 10 heteroatoms. The second-order valence-corrected chi connectivity index (χ2v) is 2.43. The van der Waals surface area contributed by atoms with Crippen LogP contribution in [0.3, 0.4) is 0 Å². The smallest absolute Gasteiger partial charge is 0.550 e. The molecule has 0 fully saturated rings. The van der Waals surface area contributed by atoms with Crippen LogP contribution in [-0.4, -0.2) is 33.7 Å². The van der Waals surface area contributed by atoms with Crippen LogP contribution in [-0.2, 0) is 14.4 Å². The van der Waals surface area contributed by atoms with Crippen LogP contribution in [0.25, 0.3) is 0 Å². The van der Waals surface area contributed by atoms with Gasteiger partial charge in [-0.15, -0.1) is 0 Å². The van der Waals surface area contributed by atoms with Gasteiger partial charge in [0, 0.05) is 24.8 Å². The van der Waals surface area contributed by atoms with E-state index >= 15 is 0 Å². The molecule has 0 spiro atoms. The van der Waals surface area contributed by atoms with Crippen molar-refractivity contribution in [2.24, 2.45) is 0 Å². The Morgan fingerprint density at radius 2 is 1.25 bits per heavy atom. The van der Waals surface area contributed by atoms with Crippen molar-refractivity contribution in [3.63, 3.8) is 0 Å². The molecule has 0 unspecified atom stereocenters. The molecule has 82 valence electrons. The van der Waals surface area contributed by atoms with E-state index in [1.54, 1.807) is 0 Å². The number of carboxylic acids is 3. The molecular weight excluding hydrogens is 262 g/mol. The van der Waals surface area contributed by atoms with Crippen LogP contribution in [0.4, 0.5) is 0 Å². The topological polar surface area (TPSA) is 138 Å². The molecule has 0 radical (unpaired) electrons. The van der Waals surface area contributed by atoms with E-state index in [-0.39, 0.29) is 72.6 Å². The molecule has 0 aliphatic carbocycles. The fourth-order valence-corrected chi connectivity index (χ4v) is 0.691. The molecular formula is C6H8Na2O7S. The molecule has 2 N–H and O–H groups in total. The van der Waals surface area contributed by atoms with Gasteiger partial charge in [-0.3, -0.25) is 0 Å². The molecule has 0 amide bonds. The molecule has 0 saturated heterocycles. The summed E-state index contributed by atoms with van der Waals surface area (Å²) in [6.07, 6.45) is -2.59. The van der Waals surface area contributed by atoms with Crippen LogP contribution in [0.15, 0.2) is 0 Å². The third kappa shape index (κ3) is 9.91. The van der Waals surface area contributed by atoms with Crippen molar-refractivity contribution in [1.82, 2.24) is 0 Å². The molecule has 0 atom stereocenters. The van der Waals surface area contributed by atoms with Gasteiger partial charge < -0.3 is 30.0 Å². The van der Waals surface area contributed by atoms with Crippen LogP contribution in [0.2, 0.25) is 0 Å². The second kappa shape index (κ2) is 10.8. The van der Waals surface area contributed by atoms with Crippen molar-refractivity contribution in [2.75, 3.05) is 0 Å². The number of carboxylic acid groups (broad SMARTS) is 3.